The van der Waals surface area contributed by atoms with Crippen molar-refractivity contribution in [3.8, 4) is 5.75 Å². The third-order valence-electron chi connectivity index (χ3n) is 4.61. The smallest absolute Gasteiger partial charge is 0.227 e. The molecule has 3 N–H and O–H groups in total. The minimum absolute atomic E-state index is 0. The molecule has 7 heteroatoms. The van der Waals surface area contributed by atoms with Gasteiger partial charge in [-0.15, -0.1) is 12.4 Å². The molecule has 2 amide bonds. The molecular formula is C19H30ClN3O3. The van der Waals surface area contributed by atoms with Crippen molar-refractivity contribution in [3.63, 3.8) is 0 Å². The molecule has 1 aliphatic heterocycles. The molecule has 0 radical (unpaired) electrons. The Morgan fingerprint density at radius 3 is 2.65 bits per heavy atom. The van der Waals surface area contributed by atoms with Crippen molar-refractivity contribution in [2.24, 2.45) is 17.6 Å². The predicted octanol–water partition coefficient (Wildman–Crippen LogP) is 2.35. The first-order chi connectivity index (χ1) is 11.8. The molecule has 2 rings (SSSR count). The van der Waals surface area contributed by atoms with Gasteiger partial charge in [-0.2, -0.15) is 0 Å². The number of carbonyl (C=O) groups is 2. The molecule has 146 valence electrons. The van der Waals surface area contributed by atoms with Gasteiger partial charge in [0.15, 0.2) is 0 Å². The normalized spacial score (nSPS) is 19.1. The second kappa shape index (κ2) is 9.24. The summed E-state index contributed by atoms with van der Waals surface area (Å²) >= 11 is 0. The largest absolute Gasteiger partial charge is 0.495 e. The van der Waals surface area contributed by atoms with Crippen molar-refractivity contribution in [1.29, 1.82) is 0 Å². The Morgan fingerprint density at radius 2 is 2.08 bits per heavy atom. The lowest BCUT2D eigenvalue weighted by molar-refractivity contribution is -0.128. The van der Waals surface area contributed by atoms with E-state index in [1.54, 1.807) is 12.0 Å². The number of hydrogen-bond donors (Lipinski definition) is 2. The van der Waals surface area contributed by atoms with Crippen molar-refractivity contribution >= 4 is 29.9 Å². The summed E-state index contributed by atoms with van der Waals surface area (Å²) in [5, 5.41) is 3.06. The minimum Gasteiger partial charge on any atom is -0.495 e. The summed E-state index contributed by atoms with van der Waals surface area (Å²) < 4.78 is 5.33. The number of para-hydroxylation sites is 2. The number of ether oxygens (including phenoxy) is 1. The second-order valence-electron chi connectivity index (χ2n) is 7.43. The van der Waals surface area contributed by atoms with Crippen molar-refractivity contribution in [3.05, 3.63) is 24.3 Å². The summed E-state index contributed by atoms with van der Waals surface area (Å²) in [5.41, 5.74) is 6.13. The van der Waals surface area contributed by atoms with Gasteiger partial charge in [0, 0.05) is 25.0 Å². The van der Waals surface area contributed by atoms with Gasteiger partial charge in [0.05, 0.1) is 18.7 Å². The number of nitrogens with zero attached hydrogens (tertiary/aromatic N) is 1. The molecule has 0 spiro atoms. The molecule has 1 aromatic rings. The zero-order valence-electron chi connectivity index (χ0n) is 16.0. The molecule has 1 aliphatic rings. The van der Waals surface area contributed by atoms with Gasteiger partial charge in [0.1, 0.15) is 5.75 Å². The van der Waals surface area contributed by atoms with E-state index < -0.39 is 5.54 Å². The van der Waals surface area contributed by atoms with E-state index in [2.05, 4.69) is 19.2 Å². The van der Waals surface area contributed by atoms with E-state index in [4.69, 9.17) is 10.5 Å². The molecule has 1 aromatic carbocycles. The Bertz CT molecular complexity index is 638. The maximum absolute atomic E-state index is 12.7. The fourth-order valence-corrected chi connectivity index (χ4v) is 3.45. The van der Waals surface area contributed by atoms with Crippen molar-refractivity contribution in [2.75, 3.05) is 25.1 Å². The number of benzene rings is 1. The van der Waals surface area contributed by atoms with Crippen LogP contribution in [0.3, 0.4) is 0 Å². The van der Waals surface area contributed by atoms with Crippen LogP contribution in [-0.2, 0) is 9.59 Å². The second-order valence-corrected chi connectivity index (χ2v) is 7.43. The Balaban J connectivity index is 0.00000338. The quantitative estimate of drug-likeness (QED) is 0.756. The molecule has 0 bridgehead atoms. The van der Waals surface area contributed by atoms with Gasteiger partial charge < -0.3 is 20.7 Å². The zero-order valence-corrected chi connectivity index (χ0v) is 16.8. The van der Waals surface area contributed by atoms with E-state index in [0.717, 1.165) is 6.42 Å². The van der Waals surface area contributed by atoms with Gasteiger partial charge in [-0.25, -0.2) is 0 Å². The molecule has 26 heavy (non-hydrogen) atoms. The number of rotatable bonds is 7. The molecule has 0 aromatic heterocycles. The van der Waals surface area contributed by atoms with Crippen LogP contribution in [0.2, 0.25) is 0 Å². The zero-order chi connectivity index (χ0) is 18.6. The van der Waals surface area contributed by atoms with E-state index >= 15 is 0 Å². The number of nitrogens with two attached hydrogens (primary N) is 1. The Kier molecular flexibility index (Phi) is 7.90. The van der Waals surface area contributed by atoms with Gasteiger partial charge in [-0.05, 0) is 31.4 Å². The lowest BCUT2D eigenvalue weighted by atomic mass is 9.90. The number of carbonyl (C=O) groups excluding carboxylic acids is 2. The minimum atomic E-state index is -0.452. The van der Waals surface area contributed by atoms with Crippen LogP contribution in [-0.4, -0.2) is 37.6 Å². The number of methoxy groups -OCH3 is 1. The van der Waals surface area contributed by atoms with Crippen molar-refractivity contribution < 1.29 is 14.3 Å². The topological polar surface area (TPSA) is 84.7 Å². The van der Waals surface area contributed by atoms with E-state index in [1.165, 1.54) is 0 Å². The molecule has 1 fully saturated rings. The van der Waals surface area contributed by atoms with Gasteiger partial charge in [-0.3, -0.25) is 9.59 Å². The first kappa shape index (κ1) is 22.3. The summed E-state index contributed by atoms with van der Waals surface area (Å²) in [4.78, 5) is 26.8. The third-order valence-corrected chi connectivity index (χ3v) is 4.61. The predicted molar refractivity (Wildman–Crippen MR) is 106 cm³/mol. The van der Waals surface area contributed by atoms with Crippen LogP contribution < -0.4 is 20.7 Å². The van der Waals surface area contributed by atoms with E-state index in [9.17, 15) is 9.59 Å². The monoisotopic (exact) mass is 383 g/mol. The molecule has 1 heterocycles. The average molecular weight is 384 g/mol. The first-order valence-electron chi connectivity index (χ1n) is 8.75. The van der Waals surface area contributed by atoms with Crippen molar-refractivity contribution in [2.45, 2.75) is 39.2 Å². The standard InChI is InChI=1S/C19H29N3O3.ClH/c1-13(2)10-19(3,12-20)21-18(24)14-9-17(23)22(11-14)15-7-5-6-8-16(15)25-4;/h5-8,13-14H,9-12,20H2,1-4H3,(H,21,24);1H. The molecule has 0 saturated carbocycles. The van der Waals surface area contributed by atoms with Crippen LogP contribution in [0, 0.1) is 11.8 Å². The van der Waals surface area contributed by atoms with Gasteiger partial charge in [-0.1, -0.05) is 26.0 Å². The van der Waals surface area contributed by atoms with Crippen LogP contribution in [0.1, 0.15) is 33.6 Å². The average Bonchev–Trinajstić information content (AvgIpc) is 2.96. The lowest BCUT2D eigenvalue weighted by Gasteiger charge is -2.32. The van der Waals surface area contributed by atoms with Crippen molar-refractivity contribution in [1.82, 2.24) is 5.32 Å². The third kappa shape index (κ3) is 5.11. The SMILES string of the molecule is COc1ccccc1N1CC(C(=O)NC(C)(CN)CC(C)C)CC1=O.Cl. The molecule has 0 aliphatic carbocycles. The first-order valence-corrected chi connectivity index (χ1v) is 8.75. The van der Waals surface area contributed by atoms with Gasteiger partial charge >= 0.3 is 0 Å². The Labute approximate surface area is 161 Å². The van der Waals surface area contributed by atoms with Crippen LogP contribution in [0.5, 0.6) is 5.75 Å². The molecule has 1 saturated heterocycles. The number of hydrogen-bond acceptors (Lipinski definition) is 4. The number of halogens is 1. The van der Waals surface area contributed by atoms with E-state index in [-0.39, 0.29) is 36.6 Å². The van der Waals surface area contributed by atoms with Crippen LogP contribution in [0.4, 0.5) is 5.69 Å². The highest BCUT2D eigenvalue weighted by Gasteiger charge is 2.38. The Morgan fingerprint density at radius 1 is 1.42 bits per heavy atom. The fourth-order valence-electron chi connectivity index (χ4n) is 3.45. The summed E-state index contributed by atoms with van der Waals surface area (Å²) in [5.74, 6) is 0.491. The maximum Gasteiger partial charge on any atom is 0.227 e. The van der Waals surface area contributed by atoms with Gasteiger partial charge in [0.2, 0.25) is 11.8 Å². The highest BCUT2D eigenvalue weighted by Crippen LogP contribution is 2.33. The fraction of sp³-hybridized carbons (Fsp3) is 0.579. The molecular weight excluding hydrogens is 354 g/mol. The number of nitrogens with one attached hydrogen (secondary N) is 1. The summed E-state index contributed by atoms with van der Waals surface area (Å²) in [6, 6.07) is 7.35. The number of anilines is 1. The van der Waals surface area contributed by atoms with Crippen LogP contribution >= 0.6 is 12.4 Å². The Hall–Kier alpha value is -1.79. The highest BCUT2D eigenvalue weighted by atomic mass is 35.5. The molecule has 6 nitrogen and oxygen atoms in total. The van der Waals surface area contributed by atoms with Gasteiger partial charge in [0.25, 0.3) is 0 Å². The molecule has 2 unspecified atom stereocenters. The molecule has 2 atom stereocenters. The summed E-state index contributed by atoms with van der Waals surface area (Å²) in [7, 11) is 1.57. The van der Waals surface area contributed by atoms with E-state index in [0.29, 0.717) is 30.4 Å². The number of amides is 2. The van der Waals surface area contributed by atoms with E-state index in [1.807, 2.05) is 31.2 Å². The van der Waals surface area contributed by atoms with Crippen LogP contribution in [0.15, 0.2) is 24.3 Å². The lowest BCUT2D eigenvalue weighted by Crippen LogP contribution is -2.54. The maximum atomic E-state index is 12.7. The summed E-state index contributed by atoms with van der Waals surface area (Å²) in [6.45, 7) is 6.88. The van der Waals surface area contributed by atoms with Crippen LogP contribution in [0.25, 0.3) is 0 Å². The highest BCUT2D eigenvalue weighted by molar-refractivity contribution is 6.01. The summed E-state index contributed by atoms with van der Waals surface area (Å²) in [6.07, 6.45) is 0.998.